The fourth-order valence-corrected chi connectivity index (χ4v) is 0.879. The molecular weight excluding hydrogens is 152 g/mol. The van der Waals surface area contributed by atoms with Gasteiger partial charge in [0, 0.05) is 7.11 Å². The van der Waals surface area contributed by atoms with Crippen molar-refractivity contribution in [2.45, 2.75) is 13.3 Å². The van der Waals surface area contributed by atoms with Gasteiger partial charge in [-0.15, -0.1) is 0 Å². The molecule has 0 saturated heterocycles. The highest BCUT2D eigenvalue weighted by Gasteiger charge is 1.92. The number of benzene rings is 1. The third-order valence-corrected chi connectivity index (χ3v) is 1.57. The quantitative estimate of drug-likeness (QED) is 0.635. The van der Waals surface area contributed by atoms with Crippen LogP contribution in [0, 0.1) is 6.07 Å². The summed E-state index contributed by atoms with van der Waals surface area (Å²) in [6, 6.07) is 8.88. The Balaban J connectivity index is 2.53. The first kappa shape index (κ1) is 9.07. The monoisotopic (exact) mass is 165 g/mol. The Morgan fingerprint density at radius 3 is 2.75 bits per heavy atom. The van der Waals surface area contributed by atoms with Crippen molar-refractivity contribution in [3.05, 3.63) is 29.8 Å². The van der Waals surface area contributed by atoms with Crippen LogP contribution in [-0.2, 0) is 11.2 Å². The zero-order valence-corrected chi connectivity index (χ0v) is 7.46. The van der Waals surface area contributed by atoms with Crippen LogP contribution in [0.1, 0.15) is 12.5 Å². The lowest BCUT2D eigenvalue weighted by Crippen LogP contribution is -1.98. The average Bonchev–Trinajstić information content (AvgIpc) is 2.15. The molecule has 0 aromatic heterocycles. The summed E-state index contributed by atoms with van der Waals surface area (Å²) < 4.78 is 9.97. The van der Waals surface area contributed by atoms with E-state index < -0.39 is 0 Å². The summed E-state index contributed by atoms with van der Waals surface area (Å²) in [5, 5.41) is 0. The summed E-state index contributed by atoms with van der Waals surface area (Å²) in [4.78, 5) is 0. The van der Waals surface area contributed by atoms with Crippen molar-refractivity contribution in [2.75, 3.05) is 13.9 Å². The summed E-state index contributed by atoms with van der Waals surface area (Å²) >= 11 is 0. The van der Waals surface area contributed by atoms with Crippen LogP contribution in [-0.4, -0.2) is 13.9 Å². The Labute approximate surface area is 73.1 Å². The lowest BCUT2D eigenvalue weighted by atomic mass is 10.2. The largest absolute Gasteiger partial charge is 0.468 e. The van der Waals surface area contributed by atoms with Gasteiger partial charge in [0.05, 0.1) is 0 Å². The van der Waals surface area contributed by atoms with Crippen molar-refractivity contribution in [3.63, 3.8) is 0 Å². The minimum atomic E-state index is 0.291. The molecule has 2 heteroatoms. The lowest BCUT2D eigenvalue weighted by molar-refractivity contribution is 0.0511. The molecule has 0 bridgehead atoms. The van der Waals surface area contributed by atoms with Gasteiger partial charge in [-0.25, -0.2) is 0 Å². The first-order valence-corrected chi connectivity index (χ1v) is 3.99. The Morgan fingerprint density at radius 2 is 2.25 bits per heavy atom. The number of ether oxygens (including phenoxy) is 2. The highest BCUT2D eigenvalue weighted by Crippen LogP contribution is 2.11. The lowest BCUT2D eigenvalue weighted by Gasteiger charge is -2.04. The first-order chi connectivity index (χ1) is 5.86. The third kappa shape index (κ3) is 2.55. The molecule has 0 N–H and O–H groups in total. The van der Waals surface area contributed by atoms with E-state index in [1.54, 1.807) is 7.11 Å². The summed E-state index contributed by atoms with van der Waals surface area (Å²) in [7, 11) is 1.60. The Bertz CT molecular complexity index is 216. The predicted octanol–water partition coefficient (Wildman–Crippen LogP) is 2.03. The van der Waals surface area contributed by atoms with Crippen molar-refractivity contribution in [1.29, 1.82) is 0 Å². The molecule has 65 valence electrons. The molecule has 0 aliphatic heterocycles. The molecule has 0 heterocycles. The van der Waals surface area contributed by atoms with Crippen LogP contribution in [0.2, 0.25) is 0 Å². The summed E-state index contributed by atoms with van der Waals surface area (Å²) in [5.41, 5.74) is 1.19. The van der Waals surface area contributed by atoms with E-state index in [0.29, 0.717) is 6.79 Å². The topological polar surface area (TPSA) is 18.5 Å². The number of rotatable bonds is 4. The van der Waals surface area contributed by atoms with Crippen LogP contribution >= 0.6 is 0 Å². The van der Waals surface area contributed by atoms with Crippen molar-refractivity contribution in [2.24, 2.45) is 0 Å². The maximum absolute atomic E-state index is 5.20. The van der Waals surface area contributed by atoms with Gasteiger partial charge in [-0.3, -0.25) is 0 Å². The molecule has 0 amide bonds. The van der Waals surface area contributed by atoms with Gasteiger partial charge >= 0.3 is 0 Å². The minimum absolute atomic E-state index is 0.291. The van der Waals surface area contributed by atoms with Gasteiger partial charge in [-0.2, -0.15) is 0 Å². The van der Waals surface area contributed by atoms with E-state index in [2.05, 4.69) is 13.0 Å². The maximum Gasteiger partial charge on any atom is 0.188 e. The third-order valence-electron chi connectivity index (χ3n) is 1.57. The number of hydrogen-bond acceptors (Lipinski definition) is 2. The maximum atomic E-state index is 5.20. The molecular formula is C10H13O2. The predicted molar refractivity (Wildman–Crippen MR) is 47.2 cm³/mol. The van der Waals surface area contributed by atoms with E-state index in [1.165, 1.54) is 5.56 Å². The van der Waals surface area contributed by atoms with Crippen molar-refractivity contribution < 1.29 is 9.47 Å². The molecule has 1 aromatic carbocycles. The highest BCUT2D eigenvalue weighted by atomic mass is 16.7. The molecule has 1 aromatic rings. The van der Waals surface area contributed by atoms with Crippen LogP contribution in [0.15, 0.2) is 18.2 Å². The van der Waals surface area contributed by atoms with Crippen LogP contribution in [0.25, 0.3) is 0 Å². The van der Waals surface area contributed by atoms with Crippen LogP contribution in [0.5, 0.6) is 5.75 Å². The molecule has 12 heavy (non-hydrogen) atoms. The van der Waals surface area contributed by atoms with E-state index in [0.717, 1.165) is 12.2 Å². The SMILES string of the molecule is CCc1[c]cc(OCOC)cc1. The zero-order valence-electron chi connectivity index (χ0n) is 7.46. The first-order valence-electron chi connectivity index (χ1n) is 3.99. The molecule has 1 radical (unpaired) electrons. The Hall–Kier alpha value is -1.02. The fourth-order valence-electron chi connectivity index (χ4n) is 0.879. The van der Waals surface area contributed by atoms with E-state index in [-0.39, 0.29) is 0 Å². The number of aryl methyl sites for hydroxylation is 1. The Kier molecular flexibility index (Phi) is 3.61. The normalized spacial score (nSPS) is 9.83. The van der Waals surface area contributed by atoms with Crippen LogP contribution in [0.4, 0.5) is 0 Å². The molecule has 0 atom stereocenters. The molecule has 1 rings (SSSR count). The molecule has 0 saturated carbocycles. The van der Waals surface area contributed by atoms with Gasteiger partial charge in [0.25, 0.3) is 0 Å². The molecule has 2 nitrogen and oxygen atoms in total. The standard InChI is InChI=1S/C10H13O2/c1-3-9-4-6-10(7-5-9)12-8-11-2/h4,6-7H,3,8H2,1-2H3. The van der Waals surface area contributed by atoms with E-state index >= 15 is 0 Å². The van der Waals surface area contributed by atoms with E-state index in [9.17, 15) is 0 Å². The minimum Gasteiger partial charge on any atom is -0.468 e. The van der Waals surface area contributed by atoms with E-state index in [1.807, 2.05) is 18.2 Å². The zero-order chi connectivity index (χ0) is 8.81. The van der Waals surface area contributed by atoms with Crippen LogP contribution in [0.3, 0.4) is 0 Å². The molecule has 0 fully saturated rings. The van der Waals surface area contributed by atoms with Crippen molar-refractivity contribution in [3.8, 4) is 5.75 Å². The smallest absolute Gasteiger partial charge is 0.188 e. The summed E-state index contributed by atoms with van der Waals surface area (Å²) in [6.45, 7) is 2.39. The summed E-state index contributed by atoms with van der Waals surface area (Å²) in [5.74, 6) is 0.800. The fraction of sp³-hybridized carbons (Fsp3) is 0.400. The van der Waals surface area contributed by atoms with Crippen molar-refractivity contribution in [1.82, 2.24) is 0 Å². The van der Waals surface area contributed by atoms with Gasteiger partial charge in [0.2, 0.25) is 0 Å². The molecule has 0 unspecified atom stereocenters. The molecule has 0 spiro atoms. The number of methoxy groups -OCH3 is 1. The van der Waals surface area contributed by atoms with Gasteiger partial charge in [-0.05, 0) is 30.2 Å². The molecule has 0 aliphatic carbocycles. The average molecular weight is 165 g/mol. The van der Waals surface area contributed by atoms with Gasteiger partial charge in [-0.1, -0.05) is 13.0 Å². The number of hydrogen-bond donors (Lipinski definition) is 0. The molecule has 0 aliphatic rings. The second-order valence-corrected chi connectivity index (χ2v) is 2.45. The summed E-state index contributed by atoms with van der Waals surface area (Å²) in [6.07, 6.45) is 1.00. The highest BCUT2D eigenvalue weighted by molar-refractivity contribution is 5.25. The van der Waals surface area contributed by atoms with Crippen molar-refractivity contribution >= 4 is 0 Å². The Morgan fingerprint density at radius 1 is 1.42 bits per heavy atom. The van der Waals surface area contributed by atoms with Gasteiger partial charge < -0.3 is 9.47 Å². The second-order valence-electron chi connectivity index (χ2n) is 2.45. The second kappa shape index (κ2) is 4.78. The van der Waals surface area contributed by atoms with Crippen LogP contribution < -0.4 is 4.74 Å². The van der Waals surface area contributed by atoms with Gasteiger partial charge in [0.1, 0.15) is 5.75 Å². The van der Waals surface area contributed by atoms with Gasteiger partial charge in [0.15, 0.2) is 6.79 Å². The van der Waals surface area contributed by atoms with E-state index in [4.69, 9.17) is 9.47 Å².